The van der Waals surface area contributed by atoms with Crippen LogP contribution >= 0.6 is 0 Å². The molecule has 4 aliphatic carbocycles. The van der Waals surface area contributed by atoms with E-state index >= 15 is 0 Å². The quantitative estimate of drug-likeness (QED) is 0.700. The lowest BCUT2D eigenvalue weighted by atomic mass is 9.60. The lowest BCUT2D eigenvalue weighted by Crippen LogP contribution is -2.38. The van der Waals surface area contributed by atoms with Crippen molar-refractivity contribution in [3.05, 3.63) is 34.9 Å². The van der Waals surface area contributed by atoms with Gasteiger partial charge in [0.2, 0.25) is 0 Å². The summed E-state index contributed by atoms with van der Waals surface area (Å²) < 4.78 is 5.59. The molecule has 20 heavy (non-hydrogen) atoms. The van der Waals surface area contributed by atoms with Gasteiger partial charge in [0.05, 0.1) is 6.61 Å². The smallest absolute Gasteiger partial charge is 0.0556 e. The van der Waals surface area contributed by atoms with Crippen LogP contribution in [0.15, 0.2) is 34.9 Å². The molecule has 1 heteroatoms. The standard InChI is InChI=1S/C19H26O/c1-20-13-19-11-4-7-18(19)17-9-8-14-5-2-3-6-15(14)16(17)10-12-19/h5,10,12,17-18H,2-4,6-9,11,13H2,1H3/t17-,18+,19+/m1/s1. The maximum atomic E-state index is 5.59. The van der Waals surface area contributed by atoms with Crippen molar-refractivity contribution in [3.63, 3.8) is 0 Å². The van der Waals surface area contributed by atoms with Crippen LogP contribution in [0.25, 0.3) is 0 Å². The van der Waals surface area contributed by atoms with Gasteiger partial charge in [-0.2, -0.15) is 0 Å². The van der Waals surface area contributed by atoms with E-state index in [4.69, 9.17) is 4.74 Å². The Bertz CT molecular complexity index is 496. The first-order chi connectivity index (χ1) is 9.84. The number of allylic oxidation sites excluding steroid dienone is 5. The molecule has 0 spiro atoms. The Morgan fingerprint density at radius 2 is 2.20 bits per heavy atom. The fourth-order valence-corrected chi connectivity index (χ4v) is 5.44. The van der Waals surface area contributed by atoms with Crippen molar-refractivity contribution in [3.8, 4) is 0 Å². The number of methoxy groups -OCH3 is 1. The molecule has 1 nitrogen and oxygen atoms in total. The summed E-state index contributed by atoms with van der Waals surface area (Å²) in [7, 11) is 1.87. The first-order valence-electron chi connectivity index (χ1n) is 8.45. The lowest BCUT2D eigenvalue weighted by Gasteiger charge is -2.45. The minimum atomic E-state index is 0.360. The van der Waals surface area contributed by atoms with Gasteiger partial charge < -0.3 is 4.74 Å². The molecule has 0 N–H and O–H groups in total. The number of hydrogen-bond donors (Lipinski definition) is 0. The molecule has 108 valence electrons. The topological polar surface area (TPSA) is 9.23 Å². The van der Waals surface area contributed by atoms with Crippen LogP contribution < -0.4 is 0 Å². The minimum Gasteiger partial charge on any atom is -0.384 e. The first kappa shape index (κ1) is 12.9. The van der Waals surface area contributed by atoms with Crippen LogP contribution in [-0.2, 0) is 4.74 Å². The van der Waals surface area contributed by atoms with Gasteiger partial charge in [0.25, 0.3) is 0 Å². The molecular weight excluding hydrogens is 244 g/mol. The number of rotatable bonds is 2. The van der Waals surface area contributed by atoms with Crippen LogP contribution in [-0.4, -0.2) is 13.7 Å². The normalized spacial score (nSPS) is 39.1. The summed E-state index contributed by atoms with van der Waals surface area (Å²) >= 11 is 0. The second-order valence-corrected chi connectivity index (χ2v) is 7.20. The van der Waals surface area contributed by atoms with Crippen LogP contribution in [0.1, 0.15) is 51.4 Å². The Morgan fingerprint density at radius 1 is 1.25 bits per heavy atom. The molecule has 0 radical (unpaired) electrons. The monoisotopic (exact) mass is 270 g/mol. The molecule has 0 heterocycles. The van der Waals surface area contributed by atoms with E-state index in [9.17, 15) is 0 Å². The Balaban J connectivity index is 1.77. The van der Waals surface area contributed by atoms with Gasteiger partial charge in [0.15, 0.2) is 0 Å². The lowest BCUT2D eigenvalue weighted by molar-refractivity contribution is 0.0620. The molecule has 4 rings (SSSR count). The molecule has 4 aliphatic rings. The Morgan fingerprint density at radius 3 is 3.10 bits per heavy atom. The SMILES string of the molecule is COC[C@]12C=CC3=C4CCCC=C4CC[C@H]3[C@@H]1CCC2. The number of fused-ring (bicyclic) bond motifs is 4. The number of hydrogen-bond acceptors (Lipinski definition) is 1. The van der Waals surface area contributed by atoms with Crippen LogP contribution in [0.2, 0.25) is 0 Å². The molecule has 0 aromatic carbocycles. The summed E-state index contributed by atoms with van der Waals surface area (Å²) in [5.74, 6) is 1.67. The van der Waals surface area contributed by atoms with Gasteiger partial charge in [-0.1, -0.05) is 24.6 Å². The average Bonchev–Trinajstić information content (AvgIpc) is 2.91. The first-order valence-corrected chi connectivity index (χ1v) is 8.45. The third kappa shape index (κ3) is 1.79. The van der Waals surface area contributed by atoms with Gasteiger partial charge in [0, 0.05) is 12.5 Å². The second-order valence-electron chi connectivity index (χ2n) is 7.20. The average molecular weight is 270 g/mol. The van der Waals surface area contributed by atoms with Crippen molar-refractivity contribution in [2.75, 3.05) is 13.7 Å². The third-order valence-corrected chi connectivity index (χ3v) is 6.27. The molecule has 0 amide bonds. The Hall–Kier alpha value is -0.820. The van der Waals surface area contributed by atoms with Crippen molar-refractivity contribution in [1.29, 1.82) is 0 Å². The maximum Gasteiger partial charge on any atom is 0.0556 e. The molecule has 0 bridgehead atoms. The highest BCUT2D eigenvalue weighted by molar-refractivity contribution is 5.48. The van der Waals surface area contributed by atoms with Crippen LogP contribution in [0, 0.1) is 17.3 Å². The van der Waals surface area contributed by atoms with E-state index in [1.54, 1.807) is 16.7 Å². The highest BCUT2D eigenvalue weighted by Crippen LogP contribution is 2.57. The zero-order valence-corrected chi connectivity index (χ0v) is 12.7. The van der Waals surface area contributed by atoms with Crippen LogP contribution in [0.5, 0.6) is 0 Å². The molecular formula is C19H26O. The highest BCUT2D eigenvalue weighted by Gasteiger charge is 2.48. The van der Waals surface area contributed by atoms with Crippen molar-refractivity contribution in [2.24, 2.45) is 17.3 Å². The molecule has 0 aliphatic heterocycles. The van der Waals surface area contributed by atoms with Gasteiger partial charge in [-0.15, -0.1) is 0 Å². The predicted molar refractivity (Wildman–Crippen MR) is 82.5 cm³/mol. The van der Waals surface area contributed by atoms with Gasteiger partial charge in [0.1, 0.15) is 0 Å². The Labute approximate surface area is 122 Å². The second kappa shape index (κ2) is 4.87. The zero-order chi connectivity index (χ0) is 13.6. The molecule has 1 fully saturated rings. The van der Waals surface area contributed by atoms with Gasteiger partial charge in [-0.05, 0) is 73.5 Å². The molecule has 0 aromatic heterocycles. The highest BCUT2D eigenvalue weighted by atomic mass is 16.5. The van der Waals surface area contributed by atoms with E-state index in [0.717, 1.165) is 18.4 Å². The third-order valence-electron chi connectivity index (χ3n) is 6.27. The fraction of sp³-hybridized carbons (Fsp3) is 0.684. The van der Waals surface area contributed by atoms with E-state index in [0.29, 0.717) is 5.41 Å². The van der Waals surface area contributed by atoms with Crippen LogP contribution in [0.4, 0.5) is 0 Å². The van der Waals surface area contributed by atoms with Crippen molar-refractivity contribution < 1.29 is 4.74 Å². The summed E-state index contributed by atoms with van der Waals surface area (Å²) in [4.78, 5) is 0. The molecule has 0 unspecified atom stereocenters. The summed E-state index contributed by atoms with van der Waals surface area (Å²) in [6.45, 7) is 0.927. The molecule has 0 aromatic rings. The predicted octanol–water partition coefficient (Wildman–Crippen LogP) is 4.81. The van der Waals surface area contributed by atoms with Crippen molar-refractivity contribution >= 4 is 0 Å². The fourth-order valence-electron chi connectivity index (χ4n) is 5.44. The maximum absolute atomic E-state index is 5.59. The molecule has 0 saturated heterocycles. The van der Waals surface area contributed by atoms with Crippen LogP contribution in [0.3, 0.4) is 0 Å². The molecule has 3 atom stereocenters. The largest absolute Gasteiger partial charge is 0.384 e. The van der Waals surface area contributed by atoms with E-state index in [1.807, 2.05) is 7.11 Å². The summed E-state index contributed by atoms with van der Waals surface area (Å²) in [5.41, 5.74) is 5.48. The number of ether oxygens (including phenoxy) is 1. The van der Waals surface area contributed by atoms with Gasteiger partial charge >= 0.3 is 0 Å². The van der Waals surface area contributed by atoms with E-state index in [1.165, 1.54) is 51.4 Å². The van der Waals surface area contributed by atoms with Gasteiger partial charge in [-0.3, -0.25) is 0 Å². The van der Waals surface area contributed by atoms with Crippen molar-refractivity contribution in [2.45, 2.75) is 51.4 Å². The summed E-state index contributed by atoms with van der Waals surface area (Å²) in [5, 5.41) is 0. The molecule has 1 saturated carbocycles. The summed E-state index contributed by atoms with van der Waals surface area (Å²) in [6.07, 6.45) is 18.4. The summed E-state index contributed by atoms with van der Waals surface area (Å²) in [6, 6.07) is 0. The van der Waals surface area contributed by atoms with E-state index < -0.39 is 0 Å². The van der Waals surface area contributed by atoms with E-state index in [-0.39, 0.29) is 0 Å². The Kier molecular flexibility index (Phi) is 3.14. The minimum absolute atomic E-state index is 0.360. The van der Waals surface area contributed by atoms with E-state index in [2.05, 4.69) is 18.2 Å². The van der Waals surface area contributed by atoms with Gasteiger partial charge in [-0.25, -0.2) is 0 Å². The zero-order valence-electron chi connectivity index (χ0n) is 12.7. The van der Waals surface area contributed by atoms with Crippen molar-refractivity contribution in [1.82, 2.24) is 0 Å².